The highest BCUT2D eigenvalue weighted by Crippen LogP contribution is 2.34. The van der Waals surface area contributed by atoms with Crippen LogP contribution < -0.4 is 10.9 Å². The van der Waals surface area contributed by atoms with Crippen LogP contribution in [0, 0.1) is 0 Å². The Kier molecular flexibility index (Phi) is 5.29. The predicted molar refractivity (Wildman–Crippen MR) is 112 cm³/mol. The van der Waals surface area contributed by atoms with Crippen LogP contribution in [0.5, 0.6) is 0 Å². The summed E-state index contributed by atoms with van der Waals surface area (Å²) in [5.41, 5.74) is -0.0923. The molecule has 0 fully saturated rings. The molecule has 0 bridgehead atoms. The average molecular weight is 444 g/mol. The van der Waals surface area contributed by atoms with Crippen LogP contribution in [0.2, 0.25) is 5.02 Å². The van der Waals surface area contributed by atoms with Crippen molar-refractivity contribution in [1.29, 1.82) is 0 Å². The molecule has 1 N–H and O–H groups in total. The molecule has 0 spiro atoms. The first-order valence-electron chi connectivity index (χ1n) is 9.04. The van der Waals surface area contributed by atoms with E-state index >= 15 is 0 Å². The van der Waals surface area contributed by atoms with Crippen molar-refractivity contribution in [3.05, 3.63) is 99.4 Å². The molecule has 0 saturated heterocycles. The fourth-order valence-electron chi connectivity index (χ4n) is 3.06. The summed E-state index contributed by atoms with van der Waals surface area (Å²) >= 11 is 5.92. The van der Waals surface area contributed by atoms with Crippen LogP contribution in [0.3, 0.4) is 0 Å². The number of fused-ring (bicyclic) bond motifs is 1. The van der Waals surface area contributed by atoms with Gasteiger partial charge in [0.05, 0.1) is 21.8 Å². The van der Waals surface area contributed by atoms with Gasteiger partial charge in [-0.2, -0.15) is 13.2 Å². The molecule has 0 radical (unpaired) electrons. The molecule has 0 saturated carbocycles. The molecule has 0 aliphatic carbocycles. The molecule has 1 aromatic heterocycles. The van der Waals surface area contributed by atoms with Crippen molar-refractivity contribution in [2.45, 2.75) is 6.18 Å². The number of hydrogen-bond acceptors (Lipinski definition) is 3. The Labute approximate surface area is 178 Å². The standard InChI is InChI=1S/C23H13ClF3NO3/c24-18-10-9-16(23(25,26)27)12-19(18)28-21(29)14-7-5-13(6-8-14)17-11-15-3-1-2-4-20(15)31-22(17)30/h1-12H,(H,28,29). The fourth-order valence-corrected chi connectivity index (χ4v) is 3.22. The molecule has 8 heteroatoms. The number of alkyl halides is 3. The lowest BCUT2D eigenvalue weighted by Crippen LogP contribution is -2.13. The number of nitrogens with one attached hydrogen (secondary N) is 1. The van der Waals surface area contributed by atoms with E-state index in [-0.39, 0.29) is 16.3 Å². The molecule has 1 heterocycles. The van der Waals surface area contributed by atoms with Crippen molar-refractivity contribution in [3.8, 4) is 11.1 Å². The lowest BCUT2D eigenvalue weighted by atomic mass is 10.0. The van der Waals surface area contributed by atoms with Crippen LogP contribution in [0.25, 0.3) is 22.1 Å². The smallest absolute Gasteiger partial charge is 0.416 e. The molecule has 4 aromatic rings. The van der Waals surface area contributed by atoms with Crippen molar-refractivity contribution < 1.29 is 22.4 Å². The molecule has 0 aliphatic rings. The van der Waals surface area contributed by atoms with Crippen LogP contribution in [0.1, 0.15) is 15.9 Å². The summed E-state index contributed by atoms with van der Waals surface area (Å²) in [6, 6.07) is 17.5. The zero-order valence-corrected chi connectivity index (χ0v) is 16.4. The quantitative estimate of drug-likeness (QED) is 0.373. The molecule has 3 aromatic carbocycles. The van der Waals surface area contributed by atoms with E-state index in [1.165, 1.54) is 12.1 Å². The van der Waals surface area contributed by atoms with E-state index in [0.29, 0.717) is 16.7 Å². The van der Waals surface area contributed by atoms with Crippen molar-refractivity contribution in [1.82, 2.24) is 0 Å². The van der Waals surface area contributed by atoms with Gasteiger partial charge < -0.3 is 9.73 Å². The highest BCUT2D eigenvalue weighted by Gasteiger charge is 2.31. The third-order valence-corrected chi connectivity index (χ3v) is 4.97. The Hall–Kier alpha value is -3.58. The molecule has 156 valence electrons. The first kappa shape index (κ1) is 20.7. The second-order valence-corrected chi connectivity index (χ2v) is 7.12. The van der Waals surface area contributed by atoms with Crippen LogP contribution in [0.15, 0.2) is 82.0 Å². The van der Waals surface area contributed by atoms with Gasteiger partial charge in [0.25, 0.3) is 5.91 Å². The monoisotopic (exact) mass is 443 g/mol. The van der Waals surface area contributed by atoms with Crippen LogP contribution in [0.4, 0.5) is 18.9 Å². The summed E-state index contributed by atoms with van der Waals surface area (Å²) in [7, 11) is 0. The van der Waals surface area contributed by atoms with E-state index in [9.17, 15) is 22.8 Å². The van der Waals surface area contributed by atoms with Gasteiger partial charge in [-0.3, -0.25) is 4.79 Å². The number of carbonyl (C=O) groups excluding carboxylic acids is 1. The highest BCUT2D eigenvalue weighted by molar-refractivity contribution is 6.34. The second-order valence-electron chi connectivity index (χ2n) is 6.71. The summed E-state index contributed by atoms with van der Waals surface area (Å²) < 4.78 is 44.0. The minimum absolute atomic E-state index is 0.0215. The van der Waals surface area contributed by atoms with Crippen molar-refractivity contribution >= 4 is 34.2 Å². The Morgan fingerprint density at radius 1 is 0.935 bits per heavy atom. The molecule has 31 heavy (non-hydrogen) atoms. The van der Waals surface area contributed by atoms with Gasteiger partial charge in [0.15, 0.2) is 0 Å². The number of rotatable bonds is 3. The van der Waals surface area contributed by atoms with Crippen molar-refractivity contribution in [2.24, 2.45) is 0 Å². The van der Waals surface area contributed by atoms with Crippen LogP contribution in [-0.4, -0.2) is 5.91 Å². The summed E-state index contributed by atoms with van der Waals surface area (Å²) in [5, 5.41) is 3.11. The molecule has 0 aliphatic heterocycles. The number of carbonyl (C=O) groups is 1. The summed E-state index contributed by atoms with van der Waals surface area (Å²) in [4.78, 5) is 24.8. The second kappa shape index (κ2) is 7.92. The lowest BCUT2D eigenvalue weighted by Gasteiger charge is -2.12. The zero-order chi connectivity index (χ0) is 22.2. The van der Waals surface area contributed by atoms with E-state index in [1.54, 1.807) is 30.3 Å². The van der Waals surface area contributed by atoms with E-state index < -0.39 is 23.3 Å². The third-order valence-electron chi connectivity index (χ3n) is 4.64. The van der Waals surface area contributed by atoms with E-state index in [1.807, 2.05) is 12.1 Å². The molecule has 4 nitrogen and oxygen atoms in total. The first-order valence-corrected chi connectivity index (χ1v) is 9.41. The number of halogens is 4. The van der Waals surface area contributed by atoms with Crippen LogP contribution >= 0.6 is 11.6 Å². The highest BCUT2D eigenvalue weighted by atomic mass is 35.5. The van der Waals surface area contributed by atoms with Gasteiger partial charge in [0, 0.05) is 10.9 Å². The number of anilines is 1. The summed E-state index contributed by atoms with van der Waals surface area (Å²) in [6.45, 7) is 0. The normalized spacial score (nSPS) is 11.5. The third kappa shape index (κ3) is 4.32. The number of benzene rings is 3. The largest absolute Gasteiger partial charge is 0.422 e. The van der Waals surface area contributed by atoms with Crippen molar-refractivity contribution in [2.75, 3.05) is 5.32 Å². The number of hydrogen-bond donors (Lipinski definition) is 1. The van der Waals surface area contributed by atoms with E-state index in [0.717, 1.165) is 23.6 Å². The fraction of sp³-hybridized carbons (Fsp3) is 0.0435. The molecule has 0 unspecified atom stereocenters. The predicted octanol–water partition coefficient (Wildman–Crippen LogP) is 6.38. The van der Waals surface area contributed by atoms with Gasteiger partial charge >= 0.3 is 11.8 Å². The molecule has 1 amide bonds. The zero-order valence-electron chi connectivity index (χ0n) is 15.7. The Morgan fingerprint density at radius 3 is 2.35 bits per heavy atom. The first-order chi connectivity index (χ1) is 14.7. The Balaban J connectivity index is 1.60. The molecular weight excluding hydrogens is 431 g/mol. The number of amides is 1. The molecule has 0 atom stereocenters. The maximum absolute atomic E-state index is 12.9. The van der Waals surface area contributed by atoms with Crippen LogP contribution in [-0.2, 0) is 6.18 Å². The topological polar surface area (TPSA) is 59.3 Å². The van der Waals surface area contributed by atoms with Gasteiger partial charge in [-0.05, 0) is 48.0 Å². The van der Waals surface area contributed by atoms with Gasteiger partial charge in [0.1, 0.15) is 5.58 Å². The Bertz CT molecular complexity index is 1350. The average Bonchev–Trinajstić information content (AvgIpc) is 2.74. The Morgan fingerprint density at radius 2 is 1.65 bits per heavy atom. The lowest BCUT2D eigenvalue weighted by molar-refractivity contribution is -0.137. The minimum atomic E-state index is -4.56. The van der Waals surface area contributed by atoms with Gasteiger partial charge in [0.2, 0.25) is 0 Å². The molecular formula is C23H13ClF3NO3. The van der Waals surface area contributed by atoms with Gasteiger partial charge in [-0.25, -0.2) is 4.79 Å². The molecule has 4 rings (SSSR count). The number of para-hydroxylation sites is 1. The maximum atomic E-state index is 12.9. The van der Waals surface area contributed by atoms with Gasteiger partial charge in [-0.1, -0.05) is 41.9 Å². The SMILES string of the molecule is O=C(Nc1cc(C(F)(F)F)ccc1Cl)c1ccc(-c2cc3ccccc3oc2=O)cc1. The van der Waals surface area contributed by atoms with E-state index in [2.05, 4.69) is 5.32 Å². The summed E-state index contributed by atoms with van der Waals surface area (Å²) in [6.07, 6.45) is -4.56. The van der Waals surface area contributed by atoms with E-state index in [4.69, 9.17) is 16.0 Å². The maximum Gasteiger partial charge on any atom is 0.416 e. The van der Waals surface area contributed by atoms with Gasteiger partial charge in [-0.15, -0.1) is 0 Å². The van der Waals surface area contributed by atoms with Crippen molar-refractivity contribution in [3.63, 3.8) is 0 Å². The summed E-state index contributed by atoms with van der Waals surface area (Å²) in [5.74, 6) is -0.640. The minimum Gasteiger partial charge on any atom is -0.422 e.